The minimum absolute atomic E-state index is 0. The first-order valence-corrected chi connectivity index (χ1v) is 2.19. The second-order valence-corrected chi connectivity index (χ2v) is 1.52. The topological polar surface area (TPSA) is 20.3 Å². The maximum atomic E-state index is 10.4. The number of carbonyl (C=O) groups excluding carboxylic acids is 1. The van der Waals surface area contributed by atoms with Gasteiger partial charge in [0.15, 0.2) is 0 Å². The molecule has 0 saturated heterocycles. The minimum Gasteiger partial charge on any atom is -0.373 e. The first-order valence-electron chi connectivity index (χ1n) is 2.19. The molecule has 1 amide bonds. The van der Waals surface area contributed by atoms with E-state index in [1.54, 1.807) is 21.0 Å². The molecule has 0 aromatic carbocycles. The van der Waals surface area contributed by atoms with Crippen LogP contribution < -0.4 is 0 Å². The monoisotopic (exact) mass is 189 g/mol. The summed E-state index contributed by atoms with van der Waals surface area (Å²) < 4.78 is 0. The van der Waals surface area contributed by atoms with Crippen LogP contribution in [0.4, 0.5) is 0 Å². The standard InChI is InChI=1S/C5H10NO.Y/c1-4-5(7)6(2)3;/h4H,1-3H3;/q-1;. The zero-order valence-corrected chi connectivity index (χ0v) is 8.35. The van der Waals surface area contributed by atoms with E-state index in [0.29, 0.717) is 0 Å². The molecule has 0 bridgehead atoms. The Kier molecular flexibility index (Phi) is 7.86. The van der Waals surface area contributed by atoms with Crippen molar-refractivity contribution in [2.45, 2.75) is 6.92 Å². The molecule has 0 aliphatic carbocycles. The summed E-state index contributed by atoms with van der Waals surface area (Å²) in [7, 11) is 3.45. The van der Waals surface area contributed by atoms with Crippen LogP contribution in [0, 0.1) is 6.42 Å². The first kappa shape index (κ1) is 11.3. The van der Waals surface area contributed by atoms with Crippen LogP contribution in [0.2, 0.25) is 0 Å². The van der Waals surface area contributed by atoms with Crippen molar-refractivity contribution in [2.75, 3.05) is 14.1 Å². The fourth-order valence-electron chi connectivity index (χ4n) is 0.258. The molecule has 0 aliphatic rings. The van der Waals surface area contributed by atoms with Crippen LogP contribution in [-0.2, 0) is 37.5 Å². The smallest absolute Gasteiger partial charge is 0.0842 e. The Labute approximate surface area is 75.5 Å². The van der Waals surface area contributed by atoms with E-state index in [4.69, 9.17) is 0 Å². The quantitative estimate of drug-likeness (QED) is 0.543. The van der Waals surface area contributed by atoms with Gasteiger partial charge < -0.3 is 16.1 Å². The van der Waals surface area contributed by atoms with Gasteiger partial charge in [0.25, 0.3) is 0 Å². The average Bonchev–Trinajstić information content (AvgIpc) is 1.65. The largest absolute Gasteiger partial charge is 0.373 e. The molecule has 0 aliphatic heterocycles. The Morgan fingerprint density at radius 1 is 1.50 bits per heavy atom. The molecule has 0 fully saturated rings. The van der Waals surface area contributed by atoms with Gasteiger partial charge in [0.05, 0.1) is 5.91 Å². The molecular weight excluding hydrogens is 179 g/mol. The second-order valence-electron chi connectivity index (χ2n) is 1.52. The van der Waals surface area contributed by atoms with Crippen LogP contribution >= 0.6 is 0 Å². The van der Waals surface area contributed by atoms with Gasteiger partial charge in [-0.1, -0.05) is 0 Å². The maximum absolute atomic E-state index is 10.4. The number of carbonyl (C=O) groups is 1. The van der Waals surface area contributed by atoms with E-state index < -0.39 is 0 Å². The third kappa shape index (κ3) is 4.60. The van der Waals surface area contributed by atoms with Crippen molar-refractivity contribution < 1.29 is 37.5 Å². The van der Waals surface area contributed by atoms with E-state index in [1.807, 2.05) is 0 Å². The summed E-state index contributed by atoms with van der Waals surface area (Å²) in [6, 6.07) is 0. The fraction of sp³-hybridized carbons (Fsp3) is 0.600. The van der Waals surface area contributed by atoms with Gasteiger partial charge in [-0.25, -0.2) is 0 Å². The van der Waals surface area contributed by atoms with E-state index in [1.165, 1.54) is 11.3 Å². The molecule has 0 aromatic rings. The molecule has 3 heteroatoms. The van der Waals surface area contributed by atoms with Gasteiger partial charge in [-0.05, 0) is 0 Å². The number of hydrogen-bond acceptors (Lipinski definition) is 1. The second kappa shape index (κ2) is 5.58. The SMILES string of the molecule is C[CH-]C(=O)N(C)C.[Y]. The van der Waals surface area contributed by atoms with E-state index >= 15 is 0 Å². The van der Waals surface area contributed by atoms with Crippen LogP contribution in [-0.4, -0.2) is 24.9 Å². The normalized spacial score (nSPS) is 6.88. The molecule has 0 heterocycles. The number of amides is 1. The predicted molar refractivity (Wildman–Crippen MR) is 28.7 cm³/mol. The Morgan fingerprint density at radius 2 is 1.88 bits per heavy atom. The Bertz CT molecular complexity index is 72.8. The van der Waals surface area contributed by atoms with Gasteiger partial charge in [-0.2, -0.15) is 6.92 Å². The third-order valence-corrected chi connectivity index (χ3v) is 0.688. The molecule has 0 N–H and O–H groups in total. The Balaban J connectivity index is 0. The third-order valence-electron chi connectivity index (χ3n) is 0.688. The van der Waals surface area contributed by atoms with E-state index in [2.05, 4.69) is 0 Å². The van der Waals surface area contributed by atoms with E-state index in [0.717, 1.165) is 0 Å². The first-order chi connectivity index (χ1) is 3.18. The van der Waals surface area contributed by atoms with Crippen molar-refractivity contribution >= 4 is 5.91 Å². The van der Waals surface area contributed by atoms with Crippen molar-refractivity contribution in [2.24, 2.45) is 0 Å². The van der Waals surface area contributed by atoms with E-state index in [9.17, 15) is 4.79 Å². The zero-order chi connectivity index (χ0) is 5.86. The van der Waals surface area contributed by atoms with E-state index in [-0.39, 0.29) is 38.6 Å². The Morgan fingerprint density at radius 3 is 1.88 bits per heavy atom. The molecule has 1 radical (unpaired) electrons. The number of nitrogens with zero attached hydrogens (tertiary/aromatic N) is 1. The van der Waals surface area contributed by atoms with Crippen molar-refractivity contribution in [3.05, 3.63) is 6.42 Å². The Hall–Kier alpha value is 0.444. The molecule has 0 rings (SSSR count). The molecule has 0 atom stereocenters. The maximum Gasteiger partial charge on any atom is 0.0842 e. The predicted octanol–water partition coefficient (Wildman–Crippen LogP) is 0.296. The van der Waals surface area contributed by atoms with Crippen molar-refractivity contribution in [3.8, 4) is 0 Å². The fourth-order valence-corrected chi connectivity index (χ4v) is 0.258. The summed E-state index contributed by atoms with van der Waals surface area (Å²) in [6.45, 7) is 1.72. The van der Waals surface area contributed by atoms with Gasteiger partial charge in [0.2, 0.25) is 0 Å². The average molecular weight is 189 g/mol. The van der Waals surface area contributed by atoms with Crippen LogP contribution in [0.15, 0.2) is 0 Å². The van der Waals surface area contributed by atoms with Crippen LogP contribution in [0.5, 0.6) is 0 Å². The summed E-state index contributed by atoms with van der Waals surface area (Å²) in [5, 5.41) is 0. The summed E-state index contributed by atoms with van der Waals surface area (Å²) in [5.41, 5.74) is 0. The summed E-state index contributed by atoms with van der Waals surface area (Å²) in [5.74, 6) is 0.0556. The molecule has 45 valence electrons. The number of hydrogen-bond donors (Lipinski definition) is 0. The van der Waals surface area contributed by atoms with Gasteiger partial charge in [0, 0.05) is 46.8 Å². The van der Waals surface area contributed by atoms with Gasteiger partial charge in [0.1, 0.15) is 0 Å². The van der Waals surface area contributed by atoms with Crippen molar-refractivity contribution in [3.63, 3.8) is 0 Å². The zero-order valence-electron chi connectivity index (χ0n) is 5.51. The van der Waals surface area contributed by atoms with Gasteiger partial charge in [-0.3, -0.25) is 0 Å². The van der Waals surface area contributed by atoms with Crippen molar-refractivity contribution in [1.29, 1.82) is 0 Å². The molecule has 0 aromatic heterocycles. The van der Waals surface area contributed by atoms with Crippen LogP contribution in [0.1, 0.15) is 6.92 Å². The molecule has 0 saturated carbocycles. The summed E-state index contributed by atoms with van der Waals surface area (Å²) in [4.78, 5) is 11.9. The molecule has 0 spiro atoms. The molecular formula is C5H10NOY-. The van der Waals surface area contributed by atoms with Gasteiger partial charge in [-0.15, -0.1) is 0 Å². The molecule has 2 nitrogen and oxygen atoms in total. The number of rotatable bonds is 1. The van der Waals surface area contributed by atoms with Crippen molar-refractivity contribution in [1.82, 2.24) is 4.90 Å². The molecule has 0 unspecified atom stereocenters. The summed E-state index contributed by atoms with van der Waals surface area (Å²) >= 11 is 0. The molecule has 8 heavy (non-hydrogen) atoms. The van der Waals surface area contributed by atoms with Gasteiger partial charge >= 0.3 is 0 Å². The van der Waals surface area contributed by atoms with Crippen LogP contribution in [0.25, 0.3) is 0 Å². The van der Waals surface area contributed by atoms with Crippen LogP contribution in [0.3, 0.4) is 0 Å². The summed E-state index contributed by atoms with van der Waals surface area (Å²) in [6.07, 6.45) is 1.53. The minimum atomic E-state index is 0.